The molecule has 2 bridgehead atoms. The van der Waals surface area contributed by atoms with Gasteiger partial charge in [-0.15, -0.1) is 0 Å². The van der Waals surface area contributed by atoms with Crippen molar-refractivity contribution in [2.45, 2.75) is 63.1 Å². The van der Waals surface area contributed by atoms with E-state index in [-0.39, 0.29) is 5.54 Å². The number of fused-ring (bicyclic) bond motifs is 2. The second-order valence-corrected chi connectivity index (χ2v) is 6.40. The second kappa shape index (κ2) is 4.52. The number of piperidine rings is 1. The van der Waals surface area contributed by atoms with Crippen LogP contribution in [0.3, 0.4) is 0 Å². The molecule has 0 aromatic heterocycles. The molecule has 4 atom stereocenters. The summed E-state index contributed by atoms with van der Waals surface area (Å²) in [5.74, 6) is 0.989. The number of aliphatic hydroxyl groups is 1. The number of likely N-dealkylation sites (tertiary alicyclic amines) is 1. The predicted molar refractivity (Wildman–Crippen MR) is 69.0 cm³/mol. The van der Waals surface area contributed by atoms with Gasteiger partial charge < -0.3 is 10.4 Å². The molecule has 17 heavy (non-hydrogen) atoms. The van der Waals surface area contributed by atoms with Gasteiger partial charge in [0.05, 0.1) is 6.61 Å². The molecule has 0 spiro atoms. The van der Waals surface area contributed by atoms with Crippen LogP contribution in [-0.4, -0.2) is 47.3 Å². The molecule has 3 heteroatoms. The van der Waals surface area contributed by atoms with E-state index in [4.69, 9.17) is 0 Å². The fraction of sp³-hybridized carbons (Fsp3) is 1.00. The molecule has 2 N–H and O–H groups in total. The van der Waals surface area contributed by atoms with Crippen molar-refractivity contribution in [3.05, 3.63) is 0 Å². The lowest BCUT2D eigenvalue weighted by Crippen LogP contribution is -2.48. The SMILES string of the molecule is CCNC1(CO)CCC(N2CC3CCC2C3)C1. The fourth-order valence-electron chi connectivity index (χ4n) is 4.53. The van der Waals surface area contributed by atoms with Crippen LogP contribution in [0, 0.1) is 5.92 Å². The minimum absolute atomic E-state index is 0.0290. The summed E-state index contributed by atoms with van der Waals surface area (Å²) in [6, 6.07) is 1.61. The third-order valence-electron chi connectivity index (χ3n) is 5.36. The molecule has 2 aliphatic carbocycles. The Labute approximate surface area is 105 Å². The van der Waals surface area contributed by atoms with Crippen LogP contribution in [0.4, 0.5) is 0 Å². The molecule has 98 valence electrons. The van der Waals surface area contributed by atoms with Crippen molar-refractivity contribution >= 4 is 0 Å². The molecule has 1 aliphatic heterocycles. The van der Waals surface area contributed by atoms with Crippen molar-refractivity contribution in [2.75, 3.05) is 19.7 Å². The zero-order chi connectivity index (χ0) is 11.9. The number of rotatable bonds is 4. The standard InChI is InChI=1S/C14H26N2O/c1-2-15-14(10-17)6-5-13(8-14)16-9-11-3-4-12(16)7-11/h11-13,15,17H,2-10H2,1H3. The van der Waals surface area contributed by atoms with Crippen molar-refractivity contribution in [2.24, 2.45) is 5.92 Å². The maximum absolute atomic E-state index is 9.66. The van der Waals surface area contributed by atoms with Crippen LogP contribution in [0.25, 0.3) is 0 Å². The molecular formula is C14H26N2O. The minimum atomic E-state index is 0.0290. The Morgan fingerprint density at radius 1 is 1.29 bits per heavy atom. The summed E-state index contributed by atoms with van der Waals surface area (Å²) >= 11 is 0. The molecule has 1 saturated heterocycles. The third-order valence-corrected chi connectivity index (χ3v) is 5.36. The van der Waals surface area contributed by atoms with Crippen LogP contribution in [0.1, 0.15) is 45.4 Å². The number of nitrogens with zero attached hydrogens (tertiary/aromatic N) is 1. The quantitative estimate of drug-likeness (QED) is 0.776. The summed E-state index contributed by atoms with van der Waals surface area (Å²) in [6.45, 7) is 4.75. The van der Waals surface area contributed by atoms with Gasteiger partial charge in [0.2, 0.25) is 0 Å². The van der Waals surface area contributed by atoms with Crippen molar-refractivity contribution in [3.8, 4) is 0 Å². The molecule has 3 rings (SSSR count). The van der Waals surface area contributed by atoms with Crippen LogP contribution < -0.4 is 5.32 Å². The van der Waals surface area contributed by atoms with E-state index >= 15 is 0 Å². The Balaban J connectivity index is 1.63. The summed E-state index contributed by atoms with van der Waals surface area (Å²) < 4.78 is 0. The highest BCUT2D eigenvalue weighted by molar-refractivity contribution is 5.03. The van der Waals surface area contributed by atoms with Crippen LogP contribution in [-0.2, 0) is 0 Å². The number of nitrogens with one attached hydrogen (secondary N) is 1. The van der Waals surface area contributed by atoms with Gasteiger partial charge in [0, 0.05) is 24.2 Å². The first-order valence-electron chi connectivity index (χ1n) is 7.38. The van der Waals surface area contributed by atoms with Crippen LogP contribution in [0.15, 0.2) is 0 Å². The highest BCUT2D eigenvalue weighted by Crippen LogP contribution is 2.43. The van der Waals surface area contributed by atoms with Gasteiger partial charge in [0.25, 0.3) is 0 Å². The summed E-state index contributed by atoms with van der Waals surface area (Å²) in [7, 11) is 0. The van der Waals surface area contributed by atoms with Gasteiger partial charge >= 0.3 is 0 Å². The molecule has 3 fully saturated rings. The molecule has 3 nitrogen and oxygen atoms in total. The second-order valence-electron chi connectivity index (χ2n) is 6.40. The van der Waals surface area contributed by atoms with E-state index < -0.39 is 0 Å². The lowest BCUT2D eigenvalue weighted by Gasteiger charge is -2.34. The maximum atomic E-state index is 9.66. The molecule has 1 heterocycles. The Kier molecular flexibility index (Phi) is 3.18. The largest absolute Gasteiger partial charge is 0.394 e. The van der Waals surface area contributed by atoms with E-state index in [1.165, 1.54) is 32.2 Å². The smallest absolute Gasteiger partial charge is 0.0613 e. The monoisotopic (exact) mass is 238 g/mol. The summed E-state index contributed by atoms with van der Waals surface area (Å²) in [5, 5.41) is 13.2. The third kappa shape index (κ3) is 2.02. The van der Waals surface area contributed by atoms with Gasteiger partial charge in [0.15, 0.2) is 0 Å². The van der Waals surface area contributed by atoms with Crippen LogP contribution >= 0.6 is 0 Å². The van der Waals surface area contributed by atoms with E-state index in [2.05, 4.69) is 17.1 Å². The molecule has 3 aliphatic rings. The first kappa shape index (κ1) is 11.9. The average Bonchev–Trinajstić information content (AvgIpc) is 3.03. The summed E-state index contributed by atoms with van der Waals surface area (Å²) in [6.07, 6.45) is 7.91. The Hall–Kier alpha value is -0.120. The molecule has 2 saturated carbocycles. The van der Waals surface area contributed by atoms with Crippen LogP contribution in [0.5, 0.6) is 0 Å². The summed E-state index contributed by atoms with van der Waals surface area (Å²) in [4.78, 5) is 2.77. The summed E-state index contributed by atoms with van der Waals surface area (Å²) in [5.41, 5.74) is 0.0290. The van der Waals surface area contributed by atoms with Gasteiger partial charge in [-0.1, -0.05) is 6.92 Å². The molecule has 0 aromatic carbocycles. The molecular weight excluding hydrogens is 212 g/mol. The van der Waals surface area contributed by atoms with E-state index in [0.717, 1.165) is 37.4 Å². The van der Waals surface area contributed by atoms with Crippen LogP contribution in [0.2, 0.25) is 0 Å². The minimum Gasteiger partial charge on any atom is -0.394 e. The number of hydrogen-bond donors (Lipinski definition) is 2. The van der Waals surface area contributed by atoms with Gasteiger partial charge in [-0.05, 0) is 51.0 Å². The van der Waals surface area contributed by atoms with E-state index in [9.17, 15) is 5.11 Å². The highest BCUT2D eigenvalue weighted by atomic mass is 16.3. The Bertz CT molecular complexity index is 283. The number of likely N-dealkylation sites (N-methyl/N-ethyl adjacent to an activating group) is 1. The maximum Gasteiger partial charge on any atom is 0.0613 e. The molecule has 0 aromatic rings. The van der Waals surface area contributed by atoms with Crippen molar-refractivity contribution in [1.29, 1.82) is 0 Å². The first-order chi connectivity index (χ1) is 8.26. The lowest BCUT2D eigenvalue weighted by molar-refractivity contribution is 0.124. The van der Waals surface area contributed by atoms with Gasteiger partial charge in [-0.25, -0.2) is 0 Å². The van der Waals surface area contributed by atoms with Crippen molar-refractivity contribution < 1.29 is 5.11 Å². The molecule has 4 unspecified atom stereocenters. The Morgan fingerprint density at radius 2 is 2.18 bits per heavy atom. The zero-order valence-corrected chi connectivity index (χ0v) is 11.0. The molecule has 0 radical (unpaired) electrons. The zero-order valence-electron chi connectivity index (χ0n) is 11.0. The fourth-order valence-corrected chi connectivity index (χ4v) is 4.53. The van der Waals surface area contributed by atoms with Crippen molar-refractivity contribution in [1.82, 2.24) is 10.2 Å². The first-order valence-corrected chi connectivity index (χ1v) is 7.38. The predicted octanol–water partition coefficient (Wildman–Crippen LogP) is 1.36. The van der Waals surface area contributed by atoms with Gasteiger partial charge in [0.1, 0.15) is 0 Å². The molecule has 0 amide bonds. The Morgan fingerprint density at radius 3 is 2.76 bits per heavy atom. The lowest BCUT2D eigenvalue weighted by atomic mass is 9.98. The van der Waals surface area contributed by atoms with Gasteiger partial charge in [-0.3, -0.25) is 4.90 Å². The van der Waals surface area contributed by atoms with Crippen molar-refractivity contribution in [3.63, 3.8) is 0 Å². The highest BCUT2D eigenvalue weighted by Gasteiger charge is 2.46. The average molecular weight is 238 g/mol. The van der Waals surface area contributed by atoms with E-state index in [1.54, 1.807) is 0 Å². The van der Waals surface area contributed by atoms with E-state index in [0.29, 0.717) is 6.61 Å². The number of aliphatic hydroxyl groups excluding tert-OH is 1. The topological polar surface area (TPSA) is 35.5 Å². The van der Waals surface area contributed by atoms with E-state index in [1.807, 2.05) is 0 Å². The number of hydrogen-bond acceptors (Lipinski definition) is 3. The van der Waals surface area contributed by atoms with Gasteiger partial charge in [-0.2, -0.15) is 0 Å². The normalized spacial score (nSPS) is 45.9.